The fourth-order valence-corrected chi connectivity index (χ4v) is 4.39. The summed E-state index contributed by atoms with van der Waals surface area (Å²) in [5.41, 5.74) is 1.96. The molecule has 0 aliphatic rings. The normalized spacial score (nSPS) is 11.4. The summed E-state index contributed by atoms with van der Waals surface area (Å²) in [5, 5.41) is 0.466. The minimum Gasteiger partial charge on any atom is -0.495 e. The summed E-state index contributed by atoms with van der Waals surface area (Å²) in [5.74, 6) is 1.66. The fourth-order valence-electron chi connectivity index (χ4n) is 4.16. The Morgan fingerprint density at radius 3 is 2.50 bits per heavy atom. The van der Waals surface area contributed by atoms with E-state index in [1.807, 2.05) is 60.2 Å². The van der Waals surface area contributed by atoms with Crippen LogP contribution >= 0.6 is 11.6 Å². The molecule has 0 saturated carbocycles. The second-order valence-electron chi connectivity index (χ2n) is 7.76. The molecule has 3 heterocycles. The van der Waals surface area contributed by atoms with Crippen molar-refractivity contribution in [3.05, 3.63) is 74.5 Å². The molecule has 0 atom stereocenters. The van der Waals surface area contributed by atoms with Crippen molar-refractivity contribution in [2.45, 2.75) is 6.92 Å². The molecule has 0 spiro atoms. The SMILES string of the molecule is CCOc1ccc(-c2cn3c4c(=O)n(C)c(=O)n(C)c4nc3n2-c2ccccc2OC)cc1Cl. The van der Waals surface area contributed by atoms with E-state index in [-0.39, 0.29) is 0 Å². The number of aryl methyl sites for hydroxylation is 1. The van der Waals surface area contributed by atoms with Crippen molar-refractivity contribution in [2.75, 3.05) is 13.7 Å². The van der Waals surface area contributed by atoms with Crippen LogP contribution in [0.4, 0.5) is 0 Å². The summed E-state index contributed by atoms with van der Waals surface area (Å²) < 4.78 is 17.2. The zero-order chi connectivity index (χ0) is 24.1. The van der Waals surface area contributed by atoms with Crippen molar-refractivity contribution in [1.29, 1.82) is 0 Å². The van der Waals surface area contributed by atoms with E-state index in [1.165, 1.54) is 11.6 Å². The number of aromatic nitrogens is 5. The van der Waals surface area contributed by atoms with E-state index in [0.717, 1.165) is 21.5 Å². The first-order chi connectivity index (χ1) is 16.4. The highest BCUT2D eigenvalue weighted by Crippen LogP contribution is 2.36. The first-order valence-electron chi connectivity index (χ1n) is 10.6. The molecule has 0 bridgehead atoms. The predicted molar refractivity (Wildman–Crippen MR) is 131 cm³/mol. The molecule has 10 heteroatoms. The Balaban J connectivity index is 1.92. The largest absolute Gasteiger partial charge is 0.495 e. The number of ether oxygens (including phenoxy) is 2. The second kappa shape index (κ2) is 8.11. The number of hydrogen-bond donors (Lipinski definition) is 0. The molecule has 0 aliphatic heterocycles. The lowest BCUT2D eigenvalue weighted by Crippen LogP contribution is -2.37. The van der Waals surface area contributed by atoms with Crippen LogP contribution in [-0.2, 0) is 14.1 Å². The van der Waals surface area contributed by atoms with E-state index in [4.69, 9.17) is 26.1 Å². The first kappa shape index (κ1) is 21.8. The van der Waals surface area contributed by atoms with Crippen LogP contribution in [0.2, 0.25) is 5.02 Å². The topological polar surface area (TPSA) is 84.7 Å². The molecule has 0 aliphatic carbocycles. The molecule has 34 heavy (non-hydrogen) atoms. The number of hydrogen-bond acceptors (Lipinski definition) is 5. The van der Waals surface area contributed by atoms with Crippen molar-refractivity contribution < 1.29 is 9.47 Å². The van der Waals surface area contributed by atoms with Gasteiger partial charge in [-0.3, -0.25) is 22.9 Å². The van der Waals surface area contributed by atoms with Crippen LogP contribution < -0.4 is 20.7 Å². The fraction of sp³-hybridized carbons (Fsp3) is 0.208. The Labute approximate surface area is 199 Å². The summed E-state index contributed by atoms with van der Waals surface area (Å²) in [6, 6.07) is 13.0. The van der Waals surface area contributed by atoms with Crippen molar-refractivity contribution in [2.24, 2.45) is 14.1 Å². The lowest BCUT2D eigenvalue weighted by atomic mass is 10.1. The molecular weight excluding hydrogens is 458 g/mol. The monoisotopic (exact) mass is 479 g/mol. The maximum absolute atomic E-state index is 13.1. The van der Waals surface area contributed by atoms with Gasteiger partial charge in [0, 0.05) is 25.9 Å². The molecule has 3 aromatic heterocycles. The highest BCUT2D eigenvalue weighted by molar-refractivity contribution is 6.32. The molecule has 0 radical (unpaired) electrons. The predicted octanol–water partition coefficient (Wildman–Crippen LogP) is 3.40. The first-order valence-corrected chi connectivity index (χ1v) is 11.0. The van der Waals surface area contributed by atoms with Crippen molar-refractivity contribution in [3.63, 3.8) is 0 Å². The lowest BCUT2D eigenvalue weighted by molar-refractivity contribution is 0.340. The quantitative estimate of drug-likeness (QED) is 0.386. The minimum absolute atomic E-state index is 0.294. The molecule has 9 nitrogen and oxygen atoms in total. The van der Waals surface area contributed by atoms with Gasteiger partial charge in [0.25, 0.3) is 5.56 Å². The highest BCUT2D eigenvalue weighted by atomic mass is 35.5. The second-order valence-corrected chi connectivity index (χ2v) is 8.17. The zero-order valence-electron chi connectivity index (χ0n) is 19.1. The molecule has 0 amide bonds. The summed E-state index contributed by atoms with van der Waals surface area (Å²) >= 11 is 6.49. The van der Waals surface area contributed by atoms with Gasteiger partial charge in [-0.15, -0.1) is 0 Å². The average molecular weight is 480 g/mol. The number of methoxy groups -OCH3 is 1. The van der Waals surface area contributed by atoms with Crippen LogP contribution in [-0.4, -0.2) is 36.8 Å². The Kier molecular flexibility index (Phi) is 5.21. The standard InChI is InChI=1S/C24H22ClN5O4/c1-5-34-18-11-10-14(12-15(18)25)17-13-29-20-21(27(2)24(32)28(3)22(20)31)26-23(29)30(17)16-8-6-7-9-19(16)33-4/h6-13H,5H2,1-4H3. The summed E-state index contributed by atoms with van der Waals surface area (Å²) in [7, 11) is 4.64. The Morgan fingerprint density at radius 2 is 1.79 bits per heavy atom. The zero-order valence-corrected chi connectivity index (χ0v) is 19.8. The maximum atomic E-state index is 13.1. The Hall–Kier alpha value is -3.98. The molecule has 0 N–H and O–H groups in total. The van der Waals surface area contributed by atoms with Gasteiger partial charge in [0.15, 0.2) is 11.2 Å². The number of imidazole rings is 2. The molecule has 174 valence electrons. The molecule has 2 aromatic carbocycles. The minimum atomic E-state index is -0.444. The van der Waals surface area contributed by atoms with Gasteiger partial charge in [0.2, 0.25) is 5.78 Å². The number of halogens is 1. The number of benzene rings is 2. The lowest BCUT2D eigenvalue weighted by Gasteiger charge is -2.14. The van der Waals surface area contributed by atoms with Crippen LogP contribution in [0.5, 0.6) is 11.5 Å². The van der Waals surface area contributed by atoms with Gasteiger partial charge in [-0.05, 0) is 37.3 Å². The van der Waals surface area contributed by atoms with Crippen LogP contribution in [0.3, 0.4) is 0 Å². The van der Waals surface area contributed by atoms with Gasteiger partial charge >= 0.3 is 5.69 Å². The van der Waals surface area contributed by atoms with Crippen LogP contribution in [0.1, 0.15) is 6.92 Å². The molecule has 0 saturated heterocycles. The van der Waals surface area contributed by atoms with Crippen molar-refractivity contribution >= 4 is 28.5 Å². The van der Waals surface area contributed by atoms with E-state index in [2.05, 4.69) is 0 Å². The van der Waals surface area contributed by atoms with Crippen LogP contribution in [0.25, 0.3) is 33.9 Å². The van der Waals surface area contributed by atoms with Crippen molar-refractivity contribution in [1.82, 2.24) is 23.1 Å². The van der Waals surface area contributed by atoms with Crippen molar-refractivity contribution in [3.8, 4) is 28.4 Å². The number of nitrogens with zero attached hydrogens (tertiary/aromatic N) is 5. The molecule has 5 rings (SSSR count). The van der Waals surface area contributed by atoms with E-state index >= 15 is 0 Å². The van der Waals surface area contributed by atoms with Gasteiger partial charge in [0.1, 0.15) is 11.5 Å². The van der Waals surface area contributed by atoms with Crippen LogP contribution in [0.15, 0.2) is 58.3 Å². The highest BCUT2D eigenvalue weighted by Gasteiger charge is 2.23. The van der Waals surface area contributed by atoms with Gasteiger partial charge in [-0.25, -0.2) is 4.79 Å². The number of para-hydroxylation sites is 2. The summed E-state index contributed by atoms with van der Waals surface area (Å²) in [4.78, 5) is 30.3. The summed E-state index contributed by atoms with van der Waals surface area (Å²) in [6.07, 6.45) is 1.81. The number of fused-ring (bicyclic) bond motifs is 3. The summed E-state index contributed by atoms with van der Waals surface area (Å²) in [6.45, 7) is 2.39. The van der Waals surface area contributed by atoms with Gasteiger partial charge in [-0.2, -0.15) is 4.98 Å². The third kappa shape index (κ3) is 3.12. The molecule has 5 aromatic rings. The van der Waals surface area contributed by atoms with Gasteiger partial charge < -0.3 is 9.47 Å². The van der Waals surface area contributed by atoms with E-state index in [9.17, 15) is 9.59 Å². The maximum Gasteiger partial charge on any atom is 0.332 e. The molecule has 0 fully saturated rings. The van der Waals surface area contributed by atoms with Gasteiger partial charge in [0.05, 0.1) is 30.1 Å². The van der Waals surface area contributed by atoms with E-state index in [1.54, 1.807) is 18.6 Å². The average Bonchev–Trinajstić information content (AvgIpc) is 3.39. The molecular formula is C24H22ClN5O4. The van der Waals surface area contributed by atoms with E-state index < -0.39 is 11.2 Å². The third-order valence-electron chi connectivity index (χ3n) is 5.82. The smallest absolute Gasteiger partial charge is 0.332 e. The Bertz CT molecular complexity index is 1690. The Morgan fingerprint density at radius 1 is 1.03 bits per heavy atom. The van der Waals surface area contributed by atoms with Crippen LogP contribution in [0, 0.1) is 0 Å². The van der Waals surface area contributed by atoms with E-state index in [0.29, 0.717) is 40.1 Å². The number of rotatable bonds is 5. The molecule has 0 unspecified atom stereocenters. The third-order valence-corrected chi connectivity index (χ3v) is 6.11. The van der Waals surface area contributed by atoms with Gasteiger partial charge in [-0.1, -0.05) is 23.7 Å².